The third-order valence-electron chi connectivity index (χ3n) is 2.68. The summed E-state index contributed by atoms with van der Waals surface area (Å²) in [5.74, 6) is -2.04. The van der Waals surface area contributed by atoms with E-state index in [9.17, 15) is 14.7 Å². The summed E-state index contributed by atoms with van der Waals surface area (Å²) in [6.07, 6.45) is -1.46. The number of amides is 1. The van der Waals surface area contributed by atoms with Crippen molar-refractivity contribution in [1.29, 1.82) is 0 Å². The van der Waals surface area contributed by atoms with Crippen LogP contribution in [0.3, 0.4) is 0 Å². The first-order chi connectivity index (χ1) is 8.15. The highest BCUT2D eigenvalue weighted by molar-refractivity contribution is 6.05. The molecule has 1 aromatic rings. The molecule has 0 spiro atoms. The number of hydrogen-bond acceptors (Lipinski definition) is 4. The van der Waals surface area contributed by atoms with E-state index in [0.717, 1.165) is 0 Å². The maximum atomic E-state index is 11.7. The number of nitrogens with one attached hydrogen (secondary N) is 1. The van der Waals surface area contributed by atoms with Gasteiger partial charge in [0.25, 0.3) is 0 Å². The first-order valence-electron chi connectivity index (χ1n) is 5.39. The molecule has 2 rings (SSSR count). The van der Waals surface area contributed by atoms with E-state index < -0.39 is 18.0 Å². The Balaban J connectivity index is 2.27. The molecule has 17 heavy (non-hydrogen) atoms. The minimum Gasteiger partial charge on any atom is -0.464 e. The van der Waals surface area contributed by atoms with Crippen LogP contribution in [-0.2, 0) is 14.3 Å². The van der Waals surface area contributed by atoms with Crippen LogP contribution in [0.25, 0.3) is 0 Å². The van der Waals surface area contributed by atoms with Crippen molar-refractivity contribution in [2.24, 2.45) is 0 Å². The van der Waals surface area contributed by atoms with E-state index in [0.29, 0.717) is 11.3 Å². The second-order valence-corrected chi connectivity index (χ2v) is 3.75. The van der Waals surface area contributed by atoms with Gasteiger partial charge >= 0.3 is 5.97 Å². The molecular weight excluding hydrogens is 222 g/mol. The molecule has 5 nitrogen and oxygen atoms in total. The number of para-hydroxylation sites is 1. The van der Waals surface area contributed by atoms with E-state index >= 15 is 0 Å². The maximum absolute atomic E-state index is 11.7. The number of fused-ring (bicyclic) bond motifs is 1. The van der Waals surface area contributed by atoms with Crippen LogP contribution in [0.1, 0.15) is 18.4 Å². The molecular formula is C12H13NO4. The van der Waals surface area contributed by atoms with Crippen molar-refractivity contribution in [2.75, 3.05) is 11.9 Å². The van der Waals surface area contributed by atoms with Crippen molar-refractivity contribution < 1.29 is 19.4 Å². The predicted octanol–water partition coefficient (Wildman–Crippen LogP) is 0.646. The first-order valence-corrected chi connectivity index (χ1v) is 5.39. The van der Waals surface area contributed by atoms with Crippen molar-refractivity contribution in [2.45, 2.75) is 18.9 Å². The van der Waals surface area contributed by atoms with Crippen molar-refractivity contribution >= 4 is 17.6 Å². The minimum atomic E-state index is -1.46. The number of carbonyl (C=O) groups excluding carboxylic acids is 2. The lowest BCUT2D eigenvalue weighted by Gasteiger charge is -2.15. The zero-order chi connectivity index (χ0) is 12.4. The average molecular weight is 235 g/mol. The van der Waals surface area contributed by atoms with Crippen LogP contribution in [0.4, 0.5) is 5.69 Å². The van der Waals surface area contributed by atoms with Gasteiger partial charge in [-0.05, 0) is 18.6 Å². The lowest BCUT2D eigenvalue weighted by atomic mass is 9.95. The Morgan fingerprint density at radius 2 is 2.24 bits per heavy atom. The summed E-state index contributed by atoms with van der Waals surface area (Å²) in [4.78, 5) is 23.1. The number of carbonyl (C=O) groups is 2. The highest BCUT2D eigenvalue weighted by atomic mass is 16.5. The maximum Gasteiger partial charge on any atom is 0.336 e. The van der Waals surface area contributed by atoms with Crippen LogP contribution in [0.2, 0.25) is 0 Å². The van der Waals surface area contributed by atoms with E-state index in [1.54, 1.807) is 31.2 Å². The van der Waals surface area contributed by atoms with Gasteiger partial charge in [0.1, 0.15) is 5.92 Å². The topological polar surface area (TPSA) is 75.6 Å². The van der Waals surface area contributed by atoms with Crippen LogP contribution in [0.5, 0.6) is 0 Å². The number of esters is 1. The Labute approximate surface area is 98.4 Å². The molecule has 1 aliphatic heterocycles. The summed E-state index contributed by atoms with van der Waals surface area (Å²) < 4.78 is 4.71. The van der Waals surface area contributed by atoms with Gasteiger partial charge in [-0.3, -0.25) is 4.79 Å². The van der Waals surface area contributed by atoms with Crippen molar-refractivity contribution in [3.8, 4) is 0 Å². The monoisotopic (exact) mass is 235 g/mol. The number of hydrogen-bond donors (Lipinski definition) is 2. The standard InChI is InChI=1S/C12H13NO4/c1-2-17-12(16)10(14)9-7-5-3-4-6-8(7)13-11(9)15/h3-6,9-10,14H,2H2,1H3,(H,13,15)/t9-,10+/m0/s1. The average Bonchev–Trinajstić information content (AvgIpc) is 2.64. The van der Waals surface area contributed by atoms with Gasteiger partial charge in [-0.15, -0.1) is 0 Å². The lowest BCUT2D eigenvalue weighted by molar-refractivity contribution is -0.155. The van der Waals surface area contributed by atoms with E-state index in [4.69, 9.17) is 4.74 Å². The molecule has 90 valence electrons. The van der Waals surface area contributed by atoms with Gasteiger partial charge in [0.2, 0.25) is 5.91 Å². The van der Waals surface area contributed by atoms with E-state index in [1.165, 1.54) is 0 Å². The molecule has 0 unspecified atom stereocenters. The summed E-state index contributed by atoms with van der Waals surface area (Å²) in [6.45, 7) is 1.82. The number of aliphatic hydroxyl groups excluding tert-OH is 1. The van der Waals surface area contributed by atoms with Gasteiger partial charge in [-0.25, -0.2) is 4.79 Å². The van der Waals surface area contributed by atoms with Crippen LogP contribution >= 0.6 is 0 Å². The Morgan fingerprint density at radius 1 is 1.53 bits per heavy atom. The fraction of sp³-hybridized carbons (Fsp3) is 0.333. The molecule has 0 saturated heterocycles. The van der Waals surface area contributed by atoms with E-state index in [1.807, 2.05) is 0 Å². The highest BCUT2D eigenvalue weighted by Gasteiger charge is 2.40. The normalized spacial score (nSPS) is 19.4. The molecule has 2 atom stereocenters. The largest absolute Gasteiger partial charge is 0.464 e. The zero-order valence-corrected chi connectivity index (χ0v) is 9.34. The number of anilines is 1. The Morgan fingerprint density at radius 3 is 2.94 bits per heavy atom. The van der Waals surface area contributed by atoms with Crippen LogP contribution in [0.15, 0.2) is 24.3 Å². The minimum absolute atomic E-state index is 0.172. The van der Waals surface area contributed by atoms with Gasteiger partial charge in [-0.2, -0.15) is 0 Å². The summed E-state index contributed by atoms with van der Waals surface area (Å²) in [6, 6.07) is 6.97. The SMILES string of the molecule is CCOC(=O)[C@H](O)[C@H]1C(=O)Nc2ccccc21. The Hall–Kier alpha value is -1.88. The molecule has 2 N–H and O–H groups in total. The molecule has 0 saturated carbocycles. The Bertz CT molecular complexity index is 458. The Kier molecular flexibility index (Phi) is 3.10. The predicted molar refractivity (Wildman–Crippen MR) is 60.5 cm³/mol. The van der Waals surface area contributed by atoms with Crippen molar-refractivity contribution in [3.63, 3.8) is 0 Å². The molecule has 1 aliphatic rings. The number of aliphatic hydroxyl groups is 1. The summed E-state index contributed by atoms with van der Waals surface area (Å²) in [5.41, 5.74) is 1.25. The lowest BCUT2D eigenvalue weighted by Crippen LogP contribution is -2.33. The second-order valence-electron chi connectivity index (χ2n) is 3.75. The summed E-state index contributed by atoms with van der Waals surface area (Å²) >= 11 is 0. The van der Waals surface area contributed by atoms with E-state index in [2.05, 4.69) is 5.32 Å². The van der Waals surface area contributed by atoms with Gasteiger partial charge in [-0.1, -0.05) is 18.2 Å². The fourth-order valence-corrected chi connectivity index (χ4v) is 1.91. The third kappa shape index (κ3) is 2.01. The molecule has 0 fully saturated rings. The third-order valence-corrected chi connectivity index (χ3v) is 2.68. The van der Waals surface area contributed by atoms with Gasteiger partial charge in [0.15, 0.2) is 6.10 Å². The molecule has 5 heteroatoms. The van der Waals surface area contributed by atoms with Crippen LogP contribution in [-0.4, -0.2) is 29.7 Å². The van der Waals surface area contributed by atoms with Gasteiger partial charge in [0.05, 0.1) is 6.61 Å². The smallest absolute Gasteiger partial charge is 0.336 e. The zero-order valence-electron chi connectivity index (χ0n) is 9.34. The molecule has 0 radical (unpaired) electrons. The molecule has 1 amide bonds. The second kappa shape index (κ2) is 4.55. The fourth-order valence-electron chi connectivity index (χ4n) is 1.91. The molecule has 0 aromatic heterocycles. The number of benzene rings is 1. The molecule has 1 aromatic carbocycles. The highest BCUT2D eigenvalue weighted by Crippen LogP contribution is 2.34. The first kappa shape index (κ1) is 11.6. The van der Waals surface area contributed by atoms with Crippen molar-refractivity contribution in [1.82, 2.24) is 0 Å². The quantitative estimate of drug-likeness (QED) is 0.754. The van der Waals surface area contributed by atoms with E-state index in [-0.39, 0.29) is 12.5 Å². The number of rotatable bonds is 3. The van der Waals surface area contributed by atoms with Gasteiger partial charge in [0, 0.05) is 5.69 Å². The van der Waals surface area contributed by atoms with Crippen LogP contribution in [0, 0.1) is 0 Å². The van der Waals surface area contributed by atoms with Crippen molar-refractivity contribution in [3.05, 3.63) is 29.8 Å². The number of ether oxygens (including phenoxy) is 1. The molecule has 0 aliphatic carbocycles. The van der Waals surface area contributed by atoms with Gasteiger partial charge < -0.3 is 15.2 Å². The summed E-state index contributed by atoms with van der Waals surface area (Å²) in [5, 5.41) is 12.4. The molecule has 1 heterocycles. The summed E-state index contributed by atoms with van der Waals surface area (Å²) in [7, 11) is 0. The molecule has 0 bridgehead atoms. The van der Waals surface area contributed by atoms with Crippen LogP contribution < -0.4 is 5.32 Å².